The fraction of sp³-hybridized carbons (Fsp3) is 0.786. The van der Waals surface area contributed by atoms with Gasteiger partial charge in [0.05, 0.1) is 0 Å². The summed E-state index contributed by atoms with van der Waals surface area (Å²) in [4.78, 5) is 9.89. The minimum absolute atomic E-state index is 0.674. The van der Waals surface area contributed by atoms with Gasteiger partial charge in [0.25, 0.3) is 0 Å². The maximum absolute atomic E-state index is 9.89. The van der Waals surface area contributed by atoms with Gasteiger partial charge in [0.2, 0.25) is 0 Å². The van der Waals surface area contributed by atoms with Gasteiger partial charge in [-0.15, -0.1) is 0 Å². The number of hydrogen-bond acceptors (Lipinski definition) is 1. The van der Waals surface area contributed by atoms with E-state index in [1.54, 1.807) is 0 Å². The molecule has 0 atom stereocenters. The second-order valence-electron chi connectivity index (χ2n) is 4.02. The van der Waals surface area contributed by atoms with Crippen LogP contribution in [0.2, 0.25) is 0 Å². The average molecular weight is 208 g/mol. The quantitative estimate of drug-likeness (QED) is 0.316. The van der Waals surface area contributed by atoms with Gasteiger partial charge in [-0.2, -0.15) is 0 Å². The van der Waals surface area contributed by atoms with E-state index >= 15 is 0 Å². The Labute approximate surface area is 94.6 Å². The van der Waals surface area contributed by atoms with E-state index < -0.39 is 0 Å². The molecule has 0 aromatic rings. The van der Waals surface area contributed by atoms with Crippen molar-refractivity contribution in [2.45, 2.75) is 71.1 Å². The van der Waals surface area contributed by atoms with Gasteiger partial charge in [0.15, 0.2) is 6.29 Å². The fourth-order valence-electron chi connectivity index (χ4n) is 1.64. The summed E-state index contributed by atoms with van der Waals surface area (Å²) in [6.07, 6.45) is 13.6. The molecule has 0 heterocycles. The average Bonchev–Trinajstić information content (AvgIpc) is 2.26. The molecule has 0 aromatic heterocycles. The van der Waals surface area contributed by atoms with Gasteiger partial charge in [0, 0.05) is 6.42 Å². The minimum Gasteiger partial charge on any atom is -0.289 e. The van der Waals surface area contributed by atoms with Crippen LogP contribution in [0.1, 0.15) is 71.1 Å². The Hall–Kier alpha value is -0.770. The number of carbonyl (C=O) groups excluding carboxylic acids is 1. The molecule has 0 aromatic carbocycles. The smallest absolute Gasteiger partial charge is 0.192 e. The molecule has 0 saturated carbocycles. The lowest BCUT2D eigenvalue weighted by Gasteiger charge is -1.99. The van der Waals surface area contributed by atoms with Gasteiger partial charge in [0.1, 0.15) is 0 Å². The molecule has 0 bridgehead atoms. The van der Waals surface area contributed by atoms with Crippen LogP contribution < -0.4 is 0 Å². The summed E-state index contributed by atoms with van der Waals surface area (Å²) in [5.74, 6) is 5.28. The Morgan fingerprint density at radius 1 is 0.867 bits per heavy atom. The van der Waals surface area contributed by atoms with E-state index in [1.807, 2.05) is 0 Å². The number of hydrogen-bond donors (Lipinski definition) is 0. The topological polar surface area (TPSA) is 17.1 Å². The number of unbranched alkanes of at least 4 members (excludes halogenated alkanes) is 9. The summed E-state index contributed by atoms with van der Waals surface area (Å²) in [5.41, 5.74) is 0. The molecule has 0 saturated heterocycles. The van der Waals surface area contributed by atoms with Crippen LogP contribution in [-0.4, -0.2) is 6.29 Å². The predicted octanol–water partition coefficient (Wildman–Crippen LogP) is 4.11. The van der Waals surface area contributed by atoms with E-state index in [4.69, 9.17) is 0 Å². The molecule has 0 spiro atoms. The molecule has 0 unspecified atom stereocenters. The second-order valence-corrected chi connectivity index (χ2v) is 4.02. The van der Waals surface area contributed by atoms with Crippen LogP contribution in [0, 0.1) is 11.8 Å². The van der Waals surface area contributed by atoms with Gasteiger partial charge in [-0.05, 0) is 12.3 Å². The summed E-state index contributed by atoms with van der Waals surface area (Å²) in [6, 6.07) is 0. The summed E-state index contributed by atoms with van der Waals surface area (Å²) < 4.78 is 0. The van der Waals surface area contributed by atoms with Gasteiger partial charge < -0.3 is 0 Å². The lowest BCUT2D eigenvalue weighted by molar-refractivity contribution is -0.103. The largest absolute Gasteiger partial charge is 0.289 e. The summed E-state index contributed by atoms with van der Waals surface area (Å²) >= 11 is 0. The summed E-state index contributed by atoms with van der Waals surface area (Å²) in [7, 11) is 0. The van der Waals surface area contributed by atoms with Crippen molar-refractivity contribution < 1.29 is 4.79 Å². The zero-order chi connectivity index (χ0) is 11.2. The minimum atomic E-state index is 0.674. The van der Waals surface area contributed by atoms with E-state index in [0.717, 1.165) is 12.8 Å². The highest BCUT2D eigenvalue weighted by Crippen LogP contribution is 2.09. The lowest BCUT2D eigenvalue weighted by atomic mass is 10.1. The molecule has 0 aliphatic rings. The Balaban J connectivity index is 2.95. The van der Waals surface area contributed by atoms with Crippen molar-refractivity contribution in [3.8, 4) is 11.8 Å². The van der Waals surface area contributed by atoms with Crippen LogP contribution in [0.5, 0.6) is 0 Å². The first-order chi connectivity index (χ1) is 7.41. The highest BCUT2D eigenvalue weighted by atomic mass is 16.1. The molecule has 0 amide bonds. The van der Waals surface area contributed by atoms with Crippen LogP contribution in [-0.2, 0) is 4.79 Å². The Kier molecular flexibility index (Phi) is 12.6. The third kappa shape index (κ3) is 13.2. The van der Waals surface area contributed by atoms with Crippen LogP contribution in [0.4, 0.5) is 0 Å². The Bertz CT molecular complexity index is 185. The first-order valence-electron chi connectivity index (χ1n) is 6.34. The number of carbonyl (C=O) groups is 1. The molecule has 0 N–H and O–H groups in total. The molecule has 0 aliphatic carbocycles. The molecular weight excluding hydrogens is 184 g/mol. The van der Waals surface area contributed by atoms with Crippen molar-refractivity contribution in [1.82, 2.24) is 0 Å². The summed E-state index contributed by atoms with van der Waals surface area (Å²) in [5, 5.41) is 0. The third-order valence-electron chi connectivity index (χ3n) is 2.57. The first kappa shape index (κ1) is 14.2. The van der Waals surface area contributed by atoms with Gasteiger partial charge in [-0.3, -0.25) is 4.79 Å². The van der Waals surface area contributed by atoms with Gasteiger partial charge in [-0.25, -0.2) is 0 Å². The van der Waals surface area contributed by atoms with Crippen molar-refractivity contribution in [2.24, 2.45) is 0 Å². The predicted molar refractivity (Wildman–Crippen MR) is 65.7 cm³/mol. The molecule has 15 heavy (non-hydrogen) atoms. The number of rotatable bonds is 9. The molecule has 0 rings (SSSR count). The van der Waals surface area contributed by atoms with Crippen LogP contribution >= 0.6 is 0 Å². The molecular formula is C14H24O. The normalized spacial score (nSPS) is 9.40. The SMILES string of the molecule is CCCCCCCCCCCC#CC=O. The second kappa shape index (κ2) is 13.2. The van der Waals surface area contributed by atoms with E-state index in [1.165, 1.54) is 51.4 Å². The van der Waals surface area contributed by atoms with Crippen LogP contribution in [0.25, 0.3) is 0 Å². The van der Waals surface area contributed by atoms with E-state index in [0.29, 0.717) is 6.29 Å². The lowest BCUT2D eigenvalue weighted by Crippen LogP contribution is -1.80. The Morgan fingerprint density at radius 2 is 1.40 bits per heavy atom. The van der Waals surface area contributed by atoms with Gasteiger partial charge >= 0.3 is 0 Å². The van der Waals surface area contributed by atoms with Crippen LogP contribution in [0.15, 0.2) is 0 Å². The standard InChI is InChI=1S/C14H24O/c1-2-3-4-5-6-7-8-9-10-11-12-13-14-15/h14H,2-11H2,1H3. The highest BCUT2D eigenvalue weighted by molar-refractivity contribution is 5.72. The van der Waals surface area contributed by atoms with Crippen molar-refractivity contribution >= 4 is 6.29 Å². The van der Waals surface area contributed by atoms with Crippen molar-refractivity contribution in [3.05, 3.63) is 0 Å². The number of aldehydes is 1. The zero-order valence-corrected chi connectivity index (χ0v) is 10.1. The molecule has 1 nitrogen and oxygen atoms in total. The monoisotopic (exact) mass is 208 g/mol. The van der Waals surface area contributed by atoms with Crippen molar-refractivity contribution in [1.29, 1.82) is 0 Å². The zero-order valence-electron chi connectivity index (χ0n) is 10.1. The van der Waals surface area contributed by atoms with E-state index in [2.05, 4.69) is 18.8 Å². The van der Waals surface area contributed by atoms with Crippen molar-refractivity contribution in [2.75, 3.05) is 0 Å². The fourth-order valence-corrected chi connectivity index (χ4v) is 1.64. The van der Waals surface area contributed by atoms with Crippen molar-refractivity contribution in [3.63, 3.8) is 0 Å². The molecule has 86 valence electrons. The molecule has 0 radical (unpaired) electrons. The molecule has 0 aliphatic heterocycles. The first-order valence-corrected chi connectivity index (χ1v) is 6.34. The summed E-state index contributed by atoms with van der Waals surface area (Å²) in [6.45, 7) is 2.25. The maximum Gasteiger partial charge on any atom is 0.192 e. The maximum atomic E-state index is 9.89. The third-order valence-corrected chi connectivity index (χ3v) is 2.57. The molecule has 0 fully saturated rings. The van der Waals surface area contributed by atoms with Gasteiger partial charge in [-0.1, -0.05) is 64.2 Å². The van der Waals surface area contributed by atoms with E-state index in [9.17, 15) is 4.79 Å². The molecule has 1 heteroatoms. The van der Waals surface area contributed by atoms with Crippen LogP contribution in [0.3, 0.4) is 0 Å². The van der Waals surface area contributed by atoms with E-state index in [-0.39, 0.29) is 0 Å². The highest BCUT2D eigenvalue weighted by Gasteiger charge is 1.90. The Morgan fingerprint density at radius 3 is 1.93 bits per heavy atom.